The number of sulfone groups is 1. The topological polar surface area (TPSA) is 118 Å². The number of nitrogens with one attached hydrogen (secondary N) is 2. The molecular formula is C20H18ClN3O5S. The molecule has 1 atom stereocenters. The molecule has 3 rings (SSSR count). The van der Waals surface area contributed by atoms with E-state index in [9.17, 15) is 18.0 Å². The van der Waals surface area contributed by atoms with Crippen LogP contribution in [0, 0.1) is 0 Å². The fraction of sp³-hybridized carbons (Fsp3) is 0.150. The average molecular weight is 448 g/mol. The minimum Gasteiger partial charge on any atom is -0.468 e. The second-order valence-corrected chi connectivity index (χ2v) is 8.78. The molecule has 0 saturated heterocycles. The Hall–Kier alpha value is -3.17. The van der Waals surface area contributed by atoms with Crippen LogP contribution >= 0.6 is 11.6 Å². The number of hydrogen-bond acceptors (Lipinski definition) is 6. The molecule has 0 spiro atoms. The van der Waals surface area contributed by atoms with Gasteiger partial charge >= 0.3 is 11.8 Å². The predicted molar refractivity (Wildman–Crippen MR) is 109 cm³/mol. The van der Waals surface area contributed by atoms with Crippen LogP contribution in [-0.4, -0.2) is 31.8 Å². The standard InChI is InChI=1S/C20H18ClN3O5S/c21-14-6-8-16(9-7-14)30(27,28)18(17-5-3-11-29-17)13-24-20(26)19(25)23-12-15-4-1-2-10-22-15/h1-11,18H,12-13H2,(H,23,25)(H,24,26)/t18-/m1/s1. The number of nitrogens with zero attached hydrogens (tertiary/aromatic N) is 1. The molecule has 2 heterocycles. The summed E-state index contributed by atoms with van der Waals surface area (Å²) in [6.45, 7) is -0.286. The number of furan rings is 1. The highest BCUT2D eigenvalue weighted by Gasteiger charge is 2.32. The molecule has 3 aromatic rings. The van der Waals surface area contributed by atoms with Crippen LogP contribution < -0.4 is 10.6 Å². The van der Waals surface area contributed by atoms with Crippen LogP contribution in [0.2, 0.25) is 5.02 Å². The average Bonchev–Trinajstić information content (AvgIpc) is 3.27. The Morgan fingerprint density at radius 3 is 2.37 bits per heavy atom. The minimum absolute atomic E-state index is 0.0159. The van der Waals surface area contributed by atoms with Crippen molar-refractivity contribution in [2.75, 3.05) is 6.54 Å². The van der Waals surface area contributed by atoms with Gasteiger partial charge in [-0.1, -0.05) is 17.7 Å². The van der Waals surface area contributed by atoms with Gasteiger partial charge in [0.25, 0.3) is 0 Å². The fourth-order valence-corrected chi connectivity index (χ4v) is 4.36. The first-order valence-electron chi connectivity index (χ1n) is 8.86. The molecule has 0 saturated carbocycles. The van der Waals surface area contributed by atoms with Gasteiger partial charge in [-0.2, -0.15) is 0 Å². The number of pyridine rings is 1. The van der Waals surface area contributed by atoms with Crippen molar-refractivity contribution in [3.63, 3.8) is 0 Å². The van der Waals surface area contributed by atoms with Crippen molar-refractivity contribution in [3.05, 3.63) is 83.5 Å². The van der Waals surface area contributed by atoms with Crippen LogP contribution in [0.3, 0.4) is 0 Å². The maximum Gasteiger partial charge on any atom is 0.309 e. The van der Waals surface area contributed by atoms with Crippen molar-refractivity contribution in [2.24, 2.45) is 0 Å². The largest absolute Gasteiger partial charge is 0.468 e. The maximum absolute atomic E-state index is 13.1. The number of carbonyl (C=O) groups excluding carboxylic acids is 2. The Kier molecular flexibility index (Phi) is 6.86. The van der Waals surface area contributed by atoms with Crippen molar-refractivity contribution in [1.29, 1.82) is 0 Å². The number of hydrogen-bond donors (Lipinski definition) is 2. The van der Waals surface area contributed by atoms with Gasteiger partial charge in [0.1, 0.15) is 11.0 Å². The first-order chi connectivity index (χ1) is 14.4. The lowest BCUT2D eigenvalue weighted by Crippen LogP contribution is -2.42. The molecule has 156 valence electrons. The van der Waals surface area contributed by atoms with Crippen molar-refractivity contribution in [2.45, 2.75) is 16.7 Å². The summed E-state index contributed by atoms with van der Waals surface area (Å²) in [4.78, 5) is 28.3. The van der Waals surface area contributed by atoms with Crippen molar-refractivity contribution in [3.8, 4) is 0 Å². The lowest BCUT2D eigenvalue weighted by Gasteiger charge is -2.16. The highest BCUT2D eigenvalue weighted by Crippen LogP contribution is 2.29. The molecule has 0 aliphatic heterocycles. The summed E-state index contributed by atoms with van der Waals surface area (Å²) in [6.07, 6.45) is 2.90. The van der Waals surface area contributed by atoms with Crippen molar-refractivity contribution in [1.82, 2.24) is 15.6 Å². The number of benzene rings is 1. The van der Waals surface area contributed by atoms with Crippen LogP contribution in [-0.2, 0) is 26.0 Å². The summed E-state index contributed by atoms with van der Waals surface area (Å²) < 4.78 is 31.4. The Bertz CT molecular complexity index is 1100. The van der Waals surface area contributed by atoms with Crippen LogP contribution in [0.15, 0.2) is 76.4 Å². The molecule has 1 aromatic carbocycles. The van der Waals surface area contributed by atoms with E-state index in [1.165, 1.54) is 36.6 Å². The van der Waals surface area contributed by atoms with Gasteiger partial charge in [-0.05, 0) is 48.5 Å². The number of rotatable bonds is 7. The van der Waals surface area contributed by atoms with Gasteiger partial charge < -0.3 is 15.1 Å². The summed E-state index contributed by atoms with van der Waals surface area (Å²) >= 11 is 5.83. The van der Waals surface area contributed by atoms with E-state index in [2.05, 4.69) is 15.6 Å². The van der Waals surface area contributed by atoms with Gasteiger partial charge in [0.2, 0.25) is 0 Å². The van der Waals surface area contributed by atoms with E-state index in [0.29, 0.717) is 10.7 Å². The fourth-order valence-electron chi connectivity index (χ4n) is 2.65. The molecular weight excluding hydrogens is 430 g/mol. The Balaban J connectivity index is 1.69. The Morgan fingerprint density at radius 2 is 1.73 bits per heavy atom. The first kappa shape index (κ1) is 21.5. The molecule has 0 bridgehead atoms. The van der Waals surface area contributed by atoms with Gasteiger partial charge in [0.15, 0.2) is 9.84 Å². The van der Waals surface area contributed by atoms with Gasteiger partial charge in [0, 0.05) is 17.8 Å². The van der Waals surface area contributed by atoms with E-state index in [1.54, 1.807) is 30.5 Å². The number of amides is 2. The molecule has 2 N–H and O–H groups in total. The van der Waals surface area contributed by atoms with E-state index < -0.39 is 26.9 Å². The molecule has 0 fully saturated rings. The van der Waals surface area contributed by atoms with Crippen LogP contribution in [0.4, 0.5) is 0 Å². The second-order valence-electron chi connectivity index (χ2n) is 6.22. The SMILES string of the molecule is O=C(NCc1ccccn1)C(=O)NC[C@H](c1ccco1)S(=O)(=O)c1ccc(Cl)cc1. The van der Waals surface area contributed by atoms with E-state index in [-0.39, 0.29) is 23.7 Å². The molecule has 0 aliphatic carbocycles. The number of carbonyl (C=O) groups is 2. The predicted octanol–water partition coefficient (Wildman–Crippen LogP) is 2.28. The van der Waals surface area contributed by atoms with Gasteiger partial charge in [-0.3, -0.25) is 14.6 Å². The number of halogens is 1. The van der Waals surface area contributed by atoms with E-state index in [1.807, 2.05) is 0 Å². The minimum atomic E-state index is -3.93. The highest BCUT2D eigenvalue weighted by atomic mass is 35.5. The van der Waals surface area contributed by atoms with E-state index in [0.717, 1.165) is 0 Å². The zero-order valence-corrected chi connectivity index (χ0v) is 17.2. The summed E-state index contributed by atoms with van der Waals surface area (Å²) in [5.41, 5.74) is 0.581. The quantitative estimate of drug-likeness (QED) is 0.536. The summed E-state index contributed by atoms with van der Waals surface area (Å²) in [6, 6.07) is 13.9. The molecule has 8 nitrogen and oxygen atoms in total. The lowest BCUT2D eigenvalue weighted by molar-refractivity contribution is -0.139. The molecule has 30 heavy (non-hydrogen) atoms. The summed E-state index contributed by atoms with van der Waals surface area (Å²) in [5, 5.41) is 3.96. The normalized spacial score (nSPS) is 12.2. The van der Waals surface area contributed by atoms with Crippen molar-refractivity contribution >= 4 is 33.3 Å². The zero-order chi connectivity index (χ0) is 21.6. The smallest absolute Gasteiger partial charge is 0.309 e. The maximum atomic E-state index is 13.1. The first-order valence-corrected chi connectivity index (χ1v) is 10.8. The molecule has 0 unspecified atom stereocenters. The molecule has 0 radical (unpaired) electrons. The lowest BCUT2D eigenvalue weighted by atomic mass is 10.3. The molecule has 0 aliphatic rings. The van der Waals surface area contributed by atoms with Gasteiger partial charge in [0.05, 0.1) is 23.4 Å². The third-order valence-corrected chi connectivity index (χ3v) is 6.52. The molecule has 2 amide bonds. The number of aromatic nitrogens is 1. The summed E-state index contributed by atoms with van der Waals surface area (Å²) in [7, 11) is -3.93. The monoisotopic (exact) mass is 447 g/mol. The Labute approximate surface area is 178 Å². The third-order valence-electron chi connectivity index (χ3n) is 4.19. The molecule has 2 aromatic heterocycles. The third kappa shape index (κ3) is 5.25. The van der Waals surface area contributed by atoms with E-state index >= 15 is 0 Å². The van der Waals surface area contributed by atoms with E-state index in [4.69, 9.17) is 16.0 Å². The van der Waals surface area contributed by atoms with Gasteiger partial charge in [-0.15, -0.1) is 0 Å². The Morgan fingerprint density at radius 1 is 1.00 bits per heavy atom. The zero-order valence-electron chi connectivity index (χ0n) is 15.6. The summed E-state index contributed by atoms with van der Waals surface area (Å²) in [5.74, 6) is -1.73. The van der Waals surface area contributed by atoms with Crippen molar-refractivity contribution < 1.29 is 22.4 Å². The van der Waals surface area contributed by atoms with Crippen LogP contribution in [0.25, 0.3) is 0 Å². The van der Waals surface area contributed by atoms with Crippen LogP contribution in [0.5, 0.6) is 0 Å². The second kappa shape index (κ2) is 9.55. The van der Waals surface area contributed by atoms with Crippen LogP contribution in [0.1, 0.15) is 16.7 Å². The van der Waals surface area contributed by atoms with Gasteiger partial charge in [-0.25, -0.2) is 8.42 Å². The molecule has 10 heteroatoms. The highest BCUT2D eigenvalue weighted by molar-refractivity contribution is 7.91.